The monoisotopic (exact) mass is 740 g/mol. The Morgan fingerprint density at radius 3 is 2.11 bits per heavy atom. The lowest BCUT2D eigenvalue weighted by atomic mass is 10.1. The van der Waals surface area contributed by atoms with Gasteiger partial charge in [0.25, 0.3) is 5.91 Å². The molecule has 0 atom stereocenters. The highest BCUT2D eigenvalue weighted by Crippen LogP contribution is 2.31. The molecule has 0 bridgehead atoms. The first kappa shape index (κ1) is 35.6. The fourth-order valence-electron chi connectivity index (χ4n) is 5.76. The Labute approximate surface area is 304 Å². The van der Waals surface area contributed by atoms with E-state index in [1.165, 1.54) is 18.7 Å². The van der Waals surface area contributed by atoms with Crippen molar-refractivity contribution < 1.29 is 36.2 Å². The van der Waals surface area contributed by atoms with Crippen LogP contribution < -0.4 is 19.7 Å². The number of fused-ring (bicyclic) bond motifs is 1. The molecular formula is C38H29F5N8O3. The fraction of sp³-hybridized carbons (Fsp3) is 0.132. The first-order valence-corrected chi connectivity index (χ1v) is 16.2. The molecule has 0 unspecified atom stereocenters. The van der Waals surface area contributed by atoms with Gasteiger partial charge < -0.3 is 19.7 Å². The molecule has 7 rings (SSSR count). The number of rotatable bonds is 11. The minimum atomic E-state index is -4.69. The van der Waals surface area contributed by atoms with Crippen molar-refractivity contribution in [2.24, 2.45) is 0 Å². The summed E-state index contributed by atoms with van der Waals surface area (Å²) in [6, 6.07) is 20.5. The number of alkyl halides is 3. The molecule has 0 saturated heterocycles. The minimum absolute atomic E-state index is 0.240. The summed E-state index contributed by atoms with van der Waals surface area (Å²) >= 11 is 0. The van der Waals surface area contributed by atoms with Crippen LogP contribution in [0.3, 0.4) is 0 Å². The molecule has 0 aliphatic heterocycles. The van der Waals surface area contributed by atoms with Gasteiger partial charge in [-0.05, 0) is 59.7 Å². The zero-order valence-electron chi connectivity index (χ0n) is 28.6. The molecule has 4 aromatic carbocycles. The normalized spacial score (nSPS) is 11.5. The smallest absolute Gasteiger partial charge is 0.416 e. The molecule has 1 amide bonds. The number of nitrogens with zero attached hydrogens (tertiary/aromatic N) is 7. The van der Waals surface area contributed by atoms with Crippen LogP contribution in [0.25, 0.3) is 22.6 Å². The standard InChI is InChI=1S/C38H29F5N8O3/c1-53-28-10-6-23(7-11-28)19-49(20-24-8-12-29(54-2)13-9-24)35-36-44-18-34(51(36)47-22-45-35)26-17-46-50(21-26)33-16-32(30(39)15-31(33)40)48-37(52)25-4-3-5-27(14-25)38(41,42)43/h3-18,21-22H,19-20H2,1-2H3,(H,48,52). The van der Waals surface area contributed by atoms with Crippen molar-refractivity contribution in [1.82, 2.24) is 29.4 Å². The van der Waals surface area contributed by atoms with Crippen LogP contribution in [0.2, 0.25) is 0 Å². The van der Waals surface area contributed by atoms with Gasteiger partial charge >= 0.3 is 6.18 Å². The van der Waals surface area contributed by atoms with Gasteiger partial charge in [0.05, 0.1) is 43.6 Å². The lowest BCUT2D eigenvalue weighted by Gasteiger charge is -2.24. The fourth-order valence-corrected chi connectivity index (χ4v) is 5.76. The molecule has 0 saturated carbocycles. The number of halogens is 5. The third-order valence-electron chi connectivity index (χ3n) is 8.51. The Bertz CT molecular complexity index is 2400. The summed E-state index contributed by atoms with van der Waals surface area (Å²) in [6.07, 6.45) is 1.17. The first-order valence-electron chi connectivity index (χ1n) is 16.2. The SMILES string of the molecule is COc1ccc(CN(Cc2ccc(OC)cc2)c2ncnn3c(-c4cnn(-c5cc(NC(=O)c6cccc(C(F)(F)F)c6)c(F)cc5F)c4)cnc23)cc1. The Morgan fingerprint density at radius 1 is 0.815 bits per heavy atom. The van der Waals surface area contributed by atoms with Crippen LogP contribution >= 0.6 is 0 Å². The summed E-state index contributed by atoms with van der Waals surface area (Å²) in [7, 11) is 3.20. The number of amides is 1. The second kappa shape index (κ2) is 14.7. The highest BCUT2D eigenvalue weighted by molar-refractivity contribution is 6.04. The first-order chi connectivity index (χ1) is 26.0. The van der Waals surface area contributed by atoms with E-state index in [1.54, 1.807) is 24.9 Å². The highest BCUT2D eigenvalue weighted by Gasteiger charge is 2.31. The maximum atomic E-state index is 15.2. The van der Waals surface area contributed by atoms with Crippen molar-refractivity contribution in [3.05, 3.63) is 144 Å². The predicted octanol–water partition coefficient (Wildman–Crippen LogP) is 7.75. The summed E-state index contributed by atoms with van der Waals surface area (Å²) in [5, 5.41) is 10.9. The van der Waals surface area contributed by atoms with E-state index in [9.17, 15) is 22.4 Å². The lowest BCUT2D eigenvalue weighted by Crippen LogP contribution is -2.24. The number of aromatic nitrogens is 6. The number of imidazole rings is 1. The molecule has 0 fully saturated rings. The lowest BCUT2D eigenvalue weighted by molar-refractivity contribution is -0.137. The average molecular weight is 741 g/mol. The van der Waals surface area contributed by atoms with Gasteiger partial charge in [-0.15, -0.1) is 0 Å². The quantitative estimate of drug-likeness (QED) is 0.134. The zero-order chi connectivity index (χ0) is 38.0. The summed E-state index contributed by atoms with van der Waals surface area (Å²) < 4.78 is 82.9. The minimum Gasteiger partial charge on any atom is -0.497 e. The Morgan fingerprint density at radius 2 is 1.48 bits per heavy atom. The van der Waals surface area contributed by atoms with E-state index in [0.29, 0.717) is 47.9 Å². The number of methoxy groups -OCH3 is 2. The van der Waals surface area contributed by atoms with Gasteiger partial charge in [0.15, 0.2) is 17.3 Å². The molecule has 0 radical (unpaired) electrons. The van der Waals surface area contributed by atoms with Gasteiger partial charge in [-0.3, -0.25) is 4.79 Å². The summed E-state index contributed by atoms with van der Waals surface area (Å²) in [5.74, 6) is -1.19. The van der Waals surface area contributed by atoms with Crippen molar-refractivity contribution >= 4 is 23.1 Å². The number of hydrogen-bond donors (Lipinski definition) is 1. The number of anilines is 2. The van der Waals surface area contributed by atoms with E-state index in [-0.39, 0.29) is 11.3 Å². The number of carbonyl (C=O) groups excluding carboxylic acids is 1. The van der Waals surface area contributed by atoms with Crippen LogP contribution in [0.4, 0.5) is 33.5 Å². The van der Waals surface area contributed by atoms with Crippen LogP contribution in [0.5, 0.6) is 11.5 Å². The summed E-state index contributed by atoms with van der Waals surface area (Å²) in [5.41, 5.74) is 1.22. The molecule has 0 spiro atoms. The topological polar surface area (TPSA) is 112 Å². The third-order valence-corrected chi connectivity index (χ3v) is 8.51. The van der Waals surface area contributed by atoms with Crippen molar-refractivity contribution in [3.63, 3.8) is 0 Å². The Kier molecular flexibility index (Phi) is 9.65. The van der Waals surface area contributed by atoms with Crippen LogP contribution in [0, 0.1) is 11.6 Å². The summed E-state index contributed by atoms with van der Waals surface area (Å²) in [4.78, 5) is 24.1. The predicted molar refractivity (Wildman–Crippen MR) is 189 cm³/mol. The van der Waals surface area contributed by atoms with E-state index in [0.717, 1.165) is 51.6 Å². The van der Waals surface area contributed by atoms with Crippen LogP contribution in [-0.2, 0) is 19.3 Å². The van der Waals surface area contributed by atoms with E-state index in [2.05, 4.69) is 25.5 Å². The van der Waals surface area contributed by atoms with Gasteiger partial charge in [-0.25, -0.2) is 27.9 Å². The molecule has 7 aromatic rings. The largest absolute Gasteiger partial charge is 0.497 e. The van der Waals surface area contributed by atoms with E-state index >= 15 is 4.39 Å². The van der Waals surface area contributed by atoms with Gasteiger partial charge in [0.1, 0.15) is 29.3 Å². The van der Waals surface area contributed by atoms with Gasteiger partial charge in [-0.2, -0.15) is 23.4 Å². The molecule has 0 aliphatic rings. The number of ether oxygens (including phenoxy) is 2. The van der Waals surface area contributed by atoms with E-state index in [4.69, 9.17) is 9.47 Å². The summed E-state index contributed by atoms with van der Waals surface area (Å²) in [6.45, 7) is 0.915. The Balaban J connectivity index is 1.19. The average Bonchev–Trinajstić information content (AvgIpc) is 3.84. The van der Waals surface area contributed by atoms with Crippen LogP contribution in [-0.4, -0.2) is 49.5 Å². The molecule has 3 heterocycles. The molecule has 274 valence electrons. The highest BCUT2D eigenvalue weighted by atomic mass is 19.4. The maximum absolute atomic E-state index is 15.2. The molecule has 11 nitrogen and oxygen atoms in total. The second-order valence-corrected chi connectivity index (χ2v) is 12.0. The second-order valence-electron chi connectivity index (χ2n) is 12.0. The molecule has 54 heavy (non-hydrogen) atoms. The van der Waals surface area contributed by atoms with E-state index in [1.807, 2.05) is 53.4 Å². The Hall–Kier alpha value is -6.84. The molecule has 1 N–H and O–H groups in total. The van der Waals surface area contributed by atoms with Gasteiger partial charge in [0, 0.05) is 36.5 Å². The third kappa shape index (κ3) is 7.39. The van der Waals surface area contributed by atoms with E-state index < -0.39 is 35.0 Å². The number of benzene rings is 4. The molecule has 0 aliphatic carbocycles. The zero-order valence-corrected chi connectivity index (χ0v) is 28.6. The van der Waals surface area contributed by atoms with Crippen molar-refractivity contribution in [2.45, 2.75) is 19.3 Å². The molecular weight excluding hydrogens is 711 g/mol. The van der Waals surface area contributed by atoms with Crippen LogP contribution in [0.15, 0.2) is 110 Å². The number of hydrogen-bond acceptors (Lipinski definition) is 8. The van der Waals surface area contributed by atoms with Crippen molar-refractivity contribution in [3.8, 4) is 28.4 Å². The molecule has 3 aromatic heterocycles. The van der Waals surface area contributed by atoms with Crippen molar-refractivity contribution in [1.29, 1.82) is 0 Å². The van der Waals surface area contributed by atoms with Crippen molar-refractivity contribution in [2.75, 3.05) is 24.4 Å². The number of carbonyl (C=O) groups is 1. The molecule has 16 heteroatoms. The van der Waals surface area contributed by atoms with Gasteiger partial charge in [-0.1, -0.05) is 30.3 Å². The van der Waals surface area contributed by atoms with Gasteiger partial charge in [0.2, 0.25) is 0 Å². The number of nitrogens with one attached hydrogen (secondary N) is 1. The maximum Gasteiger partial charge on any atom is 0.416 e. The van der Waals surface area contributed by atoms with Crippen LogP contribution in [0.1, 0.15) is 27.0 Å².